The Hall–Kier alpha value is -1.10. The number of hydrogen-bond acceptors (Lipinski definition) is 3. The summed E-state index contributed by atoms with van der Waals surface area (Å²) in [4.78, 5) is 14.8. The van der Waals surface area contributed by atoms with Gasteiger partial charge in [0, 0.05) is 37.8 Å². The van der Waals surface area contributed by atoms with Gasteiger partial charge >= 0.3 is 0 Å². The molecule has 2 aliphatic rings. The van der Waals surface area contributed by atoms with Gasteiger partial charge in [-0.15, -0.1) is 12.4 Å². The van der Waals surface area contributed by atoms with Gasteiger partial charge in [0.05, 0.1) is 6.61 Å². The van der Waals surface area contributed by atoms with Crippen molar-refractivity contribution in [1.29, 1.82) is 0 Å². The molecule has 0 saturated carbocycles. The number of ether oxygens (including phenoxy) is 1. The van der Waals surface area contributed by atoms with E-state index >= 15 is 0 Å². The van der Waals surface area contributed by atoms with Crippen molar-refractivity contribution in [3.63, 3.8) is 0 Å². The summed E-state index contributed by atoms with van der Waals surface area (Å²) in [6.45, 7) is 2.17. The van der Waals surface area contributed by atoms with Gasteiger partial charge in [-0.3, -0.25) is 4.79 Å². The minimum atomic E-state index is 0. The highest BCUT2D eigenvalue weighted by Gasteiger charge is 2.31. The van der Waals surface area contributed by atoms with Crippen molar-refractivity contribution in [2.45, 2.75) is 38.0 Å². The summed E-state index contributed by atoms with van der Waals surface area (Å²) in [5, 5.41) is 3.61. The molecule has 0 aromatic heterocycles. The van der Waals surface area contributed by atoms with Gasteiger partial charge in [-0.25, -0.2) is 0 Å². The lowest BCUT2D eigenvalue weighted by atomic mass is 10.0. The van der Waals surface area contributed by atoms with Crippen LogP contribution < -0.4 is 5.32 Å². The van der Waals surface area contributed by atoms with Gasteiger partial charge in [-0.05, 0) is 30.9 Å². The van der Waals surface area contributed by atoms with Gasteiger partial charge in [-0.1, -0.05) is 18.2 Å². The molecule has 1 amide bonds. The molecule has 0 radical (unpaired) electrons. The van der Waals surface area contributed by atoms with Gasteiger partial charge in [0.25, 0.3) is 5.91 Å². The van der Waals surface area contributed by atoms with E-state index in [9.17, 15) is 4.79 Å². The van der Waals surface area contributed by atoms with Crippen molar-refractivity contribution in [3.05, 3.63) is 35.4 Å². The first-order valence-electron chi connectivity index (χ1n) is 7.40. The molecular formula is C16H23ClN2O2. The molecule has 5 heteroatoms. The maximum Gasteiger partial charge on any atom is 0.254 e. The number of carbonyl (C=O) groups is 1. The van der Waals surface area contributed by atoms with Crippen LogP contribution in [0, 0.1) is 0 Å². The van der Waals surface area contributed by atoms with E-state index in [1.165, 1.54) is 12.8 Å². The minimum absolute atomic E-state index is 0. The third-order valence-corrected chi connectivity index (χ3v) is 4.36. The number of benzene rings is 1. The molecule has 1 aromatic rings. The standard InChI is InChI=1S/C16H22N2O2.ClH/c1-20-11-12-4-2-3-5-15(12)16(19)18-9-8-13-6-7-14(10-18)17-13;/h2-5,13-14,17H,6-11H2,1H3;1H. The monoisotopic (exact) mass is 310 g/mol. The van der Waals surface area contributed by atoms with E-state index < -0.39 is 0 Å². The summed E-state index contributed by atoms with van der Waals surface area (Å²) in [6.07, 6.45) is 3.51. The van der Waals surface area contributed by atoms with Crippen LogP contribution in [0.4, 0.5) is 0 Å². The maximum absolute atomic E-state index is 12.8. The first-order valence-corrected chi connectivity index (χ1v) is 7.40. The summed E-state index contributed by atoms with van der Waals surface area (Å²) in [5.41, 5.74) is 1.76. The highest BCUT2D eigenvalue weighted by Crippen LogP contribution is 2.22. The van der Waals surface area contributed by atoms with E-state index in [-0.39, 0.29) is 18.3 Å². The first kappa shape index (κ1) is 16.3. The number of fused-ring (bicyclic) bond motifs is 2. The van der Waals surface area contributed by atoms with Crippen LogP contribution in [0.1, 0.15) is 35.2 Å². The molecule has 21 heavy (non-hydrogen) atoms. The highest BCUT2D eigenvalue weighted by molar-refractivity contribution is 5.95. The van der Waals surface area contributed by atoms with Gasteiger partial charge in [-0.2, -0.15) is 0 Å². The number of amides is 1. The van der Waals surface area contributed by atoms with Crippen LogP contribution in [0.15, 0.2) is 24.3 Å². The molecule has 0 spiro atoms. The molecule has 1 N–H and O–H groups in total. The fourth-order valence-corrected chi connectivity index (χ4v) is 3.31. The van der Waals surface area contributed by atoms with Crippen molar-refractivity contribution in [2.75, 3.05) is 20.2 Å². The van der Waals surface area contributed by atoms with Crippen LogP contribution in [0.3, 0.4) is 0 Å². The number of hydrogen-bond donors (Lipinski definition) is 1. The third-order valence-electron chi connectivity index (χ3n) is 4.36. The average molecular weight is 311 g/mol. The second-order valence-corrected chi connectivity index (χ2v) is 5.77. The molecule has 2 bridgehead atoms. The van der Waals surface area contributed by atoms with Crippen molar-refractivity contribution >= 4 is 18.3 Å². The molecule has 4 nitrogen and oxygen atoms in total. The molecule has 2 heterocycles. The number of halogens is 1. The predicted molar refractivity (Wildman–Crippen MR) is 84.9 cm³/mol. The zero-order chi connectivity index (χ0) is 13.9. The predicted octanol–water partition coefficient (Wildman–Crippen LogP) is 2.22. The van der Waals surface area contributed by atoms with Crippen molar-refractivity contribution in [1.82, 2.24) is 10.2 Å². The third kappa shape index (κ3) is 3.57. The lowest BCUT2D eigenvalue weighted by Gasteiger charge is -2.25. The summed E-state index contributed by atoms with van der Waals surface area (Å²) in [7, 11) is 1.66. The van der Waals surface area contributed by atoms with Gasteiger partial charge in [0.2, 0.25) is 0 Å². The fourth-order valence-electron chi connectivity index (χ4n) is 3.31. The normalized spacial score (nSPS) is 24.3. The van der Waals surface area contributed by atoms with Crippen LogP contribution in [-0.2, 0) is 11.3 Å². The number of rotatable bonds is 3. The van der Waals surface area contributed by atoms with Gasteiger partial charge < -0.3 is 15.0 Å². The summed E-state index contributed by atoms with van der Waals surface area (Å²) < 4.78 is 5.20. The fraction of sp³-hybridized carbons (Fsp3) is 0.562. The average Bonchev–Trinajstić information content (AvgIpc) is 2.79. The van der Waals surface area contributed by atoms with E-state index in [0.29, 0.717) is 18.7 Å². The Bertz CT molecular complexity index is 495. The topological polar surface area (TPSA) is 41.6 Å². The highest BCUT2D eigenvalue weighted by atomic mass is 35.5. The van der Waals surface area contributed by atoms with Crippen LogP contribution in [0.2, 0.25) is 0 Å². The van der Waals surface area contributed by atoms with Crippen molar-refractivity contribution in [3.8, 4) is 0 Å². The summed E-state index contributed by atoms with van der Waals surface area (Å²) in [5.74, 6) is 0.145. The van der Waals surface area contributed by atoms with Crippen LogP contribution in [-0.4, -0.2) is 43.1 Å². The van der Waals surface area contributed by atoms with Crippen LogP contribution >= 0.6 is 12.4 Å². The van der Waals surface area contributed by atoms with E-state index in [2.05, 4.69) is 5.32 Å². The molecular weight excluding hydrogens is 288 g/mol. The second-order valence-electron chi connectivity index (χ2n) is 5.77. The molecule has 2 unspecified atom stereocenters. The molecule has 2 fully saturated rings. The Kier molecular flexibility index (Phi) is 5.62. The van der Waals surface area contributed by atoms with Crippen molar-refractivity contribution in [2.24, 2.45) is 0 Å². The largest absolute Gasteiger partial charge is 0.380 e. The summed E-state index contributed by atoms with van der Waals surface area (Å²) >= 11 is 0. The molecule has 0 aliphatic carbocycles. The number of methoxy groups -OCH3 is 1. The Balaban J connectivity index is 0.00000161. The number of nitrogens with zero attached hydrogens (tertiary/aromatic N) is 1. The zero-order valence-corrected chi connectivity index (χ0v) is 13.2. The SMILES string of the molecule is COCc1ccccc1C(=O)N1CCC2CCC(C1)N2.Cl. The Morgan fingerprint density at radius 2 is 2.05 bits per heavy atom. The summed E-state index contributed by atoms with van der Waals surface area (Å²) in [6, 6.07) is 8.84. The zero-order valence-electron chi connectivity index (χ0n) is 12.4. The Morgan fingerprint density at radius 1 is 1.29 bits per heavy atom. The smallest absolute Gasteiger partial charge is 0.254 e. The molecule has 3 rings (SSSR count). The molecule has 2 aliphatic heterocycles. The molecule has 2 saturated heterocycles. The van der Waals surface area contributed by atoms with E-state index in [4.69, 9.17) is 4.74 Å². The van der Waals surface area contributed by atoms with Crippen molar-refractivity contribution < 1.29 is 9.53 Å². The lowest BCUT2D eigenvalue weighted by molar-refractivity contribution is 0.0743. The quantitative estimate of drug-likeness (QED) is 0.931. The molecule has 116 valence electrons. The molecule has 2 atom stereocenters. The van der Waals surface area contributed by atoms with Crippen LogP contribution in [0.5, 0.6) is 0 Å². The Morgan fingerprint density at radius 3 is 2.86 bits per heavy atom. The van der Waals surface area contributed by atoms with E-state index in [0.717, 1.165) is 30.6 Å². The lowest BCUT2D eigenvalue weighted by Crippen LogP contribution is -2.39. The first-order chi connectivity index (χ1) is 9.78. The van der Waals surface area contributed by atoms with E-state index in [1.54, 1.807) is 7.11 Å². The van der Waals surface area contributed by atoms with E-state index in [1.807, 2.05) is 29.2 Å². The molecule has 1 aromatic carbocycles. The van der Waals surface area contributed by atoms with Gasteiger partial charge in [0.1, 0.15) is 0 Å². The van der Waals surface area contributed by atoms with Crippen LogP contribution in [0.25, 0.3) is 0 Å². The number of carbonyl (C=O) groups excluding carboxylic acids is 1. The maximum atomic E-state index is 12.8. The second kappa shape index (κ2) is 7.25. The van der Waals surface area contributed by atoms with Gasteiger partial charge in [0.15, 0.2) is 0 Å². The minimum Gasteiger partial charge on any atom is -0.380 e. The number of likely N-dealkylation sites (tertiary alicyclic amines) is 1. The number of nitrogens with one attached hydrogen (secondary N) is 1. The Labute approximate surface area is 132 Å².